The first-order valence-electron chi connectivity index (χ1n) is 7.44. The molecule has 0 aliphatic heterocycles. The largest absolute Gasteiger partial charge is 0.459 e. The number of anilines is 2. The lowest BCUT2D eigenvalue weighted by atomic mass is 10.2. The average molecular weight is 406 g/mol. The van der Waals surface area contributed by atoms with E-state index in [0.29, 0.717) is 10.7 Å². The van der Waals surface area contributed by atoms with Crippen molar-refractivity contribution < 1.29 is 9.53 Å². The summed E-state index contributed by atoms with van der Waals surface area (Å²) in [7, 11) is 0. The smallest absolute Gasteiger partial charge is 0.348 e. The van der Waals surface area contributed by atoms with E-state index in [1.165, 1.54) is 17.7 Å². The van der Waals surface area contributed by atoms with E-state index < -0.39 is 0 Å². The van der Waals surface area contributed by atoms with Crippen LogP contribution in [-0.2, 0) is 4.74 Å². The normalized spacial score (nSPS) is 11.0. The Kier molecular flexibility index (Phi) is 4.82. The van der Waals surface area contributed by atoms with Crippen LogP contribution < -0.4 is 5.32 Å². The molecule has 124 valence electrons. The van der Waals surface area contributed by atoms with Crippen molar-refractivity contribution >= 4 is 55.0 Å². The molecule has 1 N–H and O–H groups in total. The van der Waals surface area contributed by atoms with Crippen LogP contribution in [0.4, 0.5) is 11.5 Å². The predicted molar refractivity (Wildman–Crippen MR) is 100 cm³/mol. The van der Waals surface area contributed by atoms with Crippen LogP contribution in [0.1, 0.15) is 29.1 Å². The minimum atomic E-state index is -0.322. The quantitative estimate of drug-likeness (QED) is 0.613. The monoisotopic (exact) mass is 405 g/mol. The Bertz CT molecular complexity index is 908. The van der Waals surface area contributed by atoms with E-state index in [-0.39, 0.29) is 12.1 Å². The standard InChI is InChI=1S/C17H16BrN3O2S/c1-9(2)23-17(22)14-10(3)13-15(19-8-20-16(13)24-14)21-12-7-5-4-6-11(12)18/h4-9H,1-3H3,(H,19,20,21). The van der Waals surface area contributed by atoms with E-state index in [9.17, 15) is 4.79 Å². The second-order valence-corrected chi connectivity index (χ2v) is 7.37. The van der Waals surface area contributed by atoms with Crippen molar-refractivity contribution in [2.24, 2.45) is 0 Å². The summed E-state index contributed by atoms with van der Waals surface area (Å²) in [6.45, 7) is 5.56. The van der Waals surface area contributed by atoms with E-state index in [2.05, 4.69) is 31.2 Å². The third-order valence-electron chi connectivity index (χ3n) is 3.38. The molecule has 5 nitrogen and oxygen atoms in total. The molecule has 2 heterocycles. The lowest BCUT2D eigenvalue weighted by molar-refractivity contribution is 0.0383. The number of rotatable bonds is 4. The lowest BCUT2D eigenvalue weighted by Crippen LogP contribution is -2.11. The molecule has 3 rings (SSSR count). The number of carbonyl (C=O) groups is 1. The van der Waals surface area contributed by atoms with Gasteiger partial charge >= 0.3 is 5.97 Å². The fourth-order valence-corrected chi connectivity index (χ4v) is 3.73. The van der Waals surface area contributed by atoms with E-state index in [4.69, 9.17) is 4.74 Å². The van der Waals surface area contributed by atoms with Crippen LogP contribution in [0.3, 0.4) is 0 Å². The van der Waals surface area contributed by atoms with Crippen LogP contribution >= 0.6 is 27.3 Å². The van der Waals surface area contributed by atoms with Crippen molar-refractivity contribution in [3.8, 4) is 0 Å². The van der Waals surface area contributed by atoms with Crippen LogP contribution in [0.5, 0.6) is 0 Å². The van der Waals surface area contributed by atoms with E-state index in [1.807, 2.05) is 45.0 Å². The zero-order valence-corrected chi connectivity index (χ0v) is 15.9. The van der Waals surface area contributed by atoms with Gasteiger partial charge in [-0.05, 0) is 54.4 Å². The second kappa shape index (κ2) is 6.86. The fraction of sp³-hybridized carbons (Fsp3) is 0.235. The summed E-state index contributed by atoms with van der Waals surface area (Å²) in [5.74, 6) is 0.349. The molecule has 3 aromatic rings. The molecule has 0 saturated heterocycles. The molecule has 0 unspecified atom stereocenters. The first-order valence-corrected chi connectivity index (χ1v) is 9.05. The Morgan fingerprint density at radius 2 is 2.04 bits per heavy atom. The molecule has 2 aromatic heterocycles. The maximum Gasteiger partial charge on any atom is 0.348 e. The van der Waals surface area contributed by atoms with Crippen molar-refractivity contribution in [3.63, 3.8) is 0 Å². The van der Waals surface area contributed by atoms with E-state index >= 15 is 0 Å². The van der Waals surface area contributed by atoms with Gasteiger partial charge in [0.05, 0.1) is 17.2 Å². The summed E-state index contributed by atoms with van der Waals surface area (Å²) < 4.78 is 6.25. The van der Waals surface area contributed by atoms with Gasteiger partial charge in [0.25, 0.3) is 0 Å². The summed E-state index contributed by atoms with van der Waals surface area (Å²) >= 11 is 4.84. The summed E-state index contributed by atoms with van der Waals surface area (Å²) in [6.07, 6.45) is 1.33. The third-order valence-corrected chi connectivity index (χ3v) is 5.25. The number of carbonyl (C=O) groups excluding carboxylic acids is 1. The van der Waals surface area contributed by atoms with Crippen molar-refractivity contribution in [2.75, 3.05) is 5.32 Å². The number of aromatic nitrogens is 2. The van der Waals surface area contributed by atoms with Crippen LogP contribution in [0, 0.1) is 6.92 Å². The highest BCUT2D eigenvalue weighted by molar-refractivity contribution is 9.10. The van der Waals surface area contributed by atoms with Crippen molar-refractivity contribution in [1.82, 2.24) is 9.97 Å². The molecule has 0 amide bonds. The van der Waals surface area contributed by atoms with Crippen molar-refractivity contribution in [3.05, 3.63) is 45.5 Å². The molecule has 7 heteroatoms. The fourth-order valence-electron chi connectivity index (χ4n) is 2.32. The molecule has 0 radical (unpaired) electrons. The number of nitrogens with one attached hydrogen (secondary N) is 1. The summed E-state index contributed by atoms with van der Waals surface area (Å²) in [6, 6.07) is 7.79. The minimum Gasteiger partial charge on any atom is -0.459 e. The maximum atomic E-state index is 12.3. The Labute approximate surface area is 152 Å². The summed E-state index contributed by atoms with van der Waals surface area (Å²) in [5, 5.41) is 4.15. The number of ether oxygens (including phenoxy) is 1. The summed E-state index contributed by atoms with van der Waals surface area (Å²) in [5.41, 5.74) is 1.73. The van der Waals surface area contributed by atoms with Gasteiger partial charge < -0.3 is 10.1 Å². The molecule has 0 bridgehead atoms. The molecule has 0 aliphatic rings. The topological polar surface area (TPSA) is 64.1 Å². The molecule has 24 heavy (non-hydrogen) atoms. The van der Waals surface area contributed by atoms with Gasteiger partial charge in [0.1, 0.15) is 21.9 Å². The number of nitrogens with zero attached hydrogens (tertiary/aromatic N) is 2. The highest BCUT2D eigenvalue weighted by Crippen LogP contribution is 2.36. The summed E-state index contributed by atoms with van der Waals surface area (Å²) in [4.78, 5) is 22.2. The lowest BCUT2D eigenvalue weighted by Gasteiger charge is -2.09. The maximum absolute atomic E-state index is 12.3. The molecule has 0 saturated carbocycles. The van der Waals surface area contributed by atoms with Crippen LogP contribution in [0.15, 0.2) is 35.1 Å². The SMILES string of the molecule is Cc1c(C(=O)OC(C)C)sc2ncnc(Nc3ccccc3Br)c12. The van der Waals surface area contributed by atoms with Gasteiger partial charge in [0.15, 0.2) is 0 Å². The van der Waals surface area contributed by atoms with Gasteiger partial charge in [-0.2, -0.15) is 0 Å². The first kappa shape index (κ1) is 16.9. The van der Waals surface area contributed by atoms with Gasteiger partial charge in [-0.1, -0.05) is 12.1 Å². The van der Waals surface area contributed by atoms with Gasteiger partial charge in [-0.15, -0.1) is 11.3 Å². The number of thiophene rings is 1. The van der Waals surface area contributed by atoms with Crippen molar-refractivity contribution in [2.45, 2.75) is 26.9 Å². The molecular formula is C17H16BrN3O2S. The van der Waals surface area contributed by atoms with E-state index in [1.54, 1.807) is 0 Å². The number of esters is 1. The van der Waals surface area contributed by atoms with E-state index in [0.717, 1.165) is 25.9 Å². The number of hydrogen-bond acceptors (Lipinski definition) is 6. The number of fused-ring (bicyclic) bond motifs is 1. The zero-order chi connectivity index (χ0) is 17.3. The second-order valence-electron chi connectivity index (χ2n) is 5.52. The Balaban J connectivity index is 2.05. The Morgan fingerprint density at radius 1 is 1.29 bits per heavy atom. The zero-order valence-electron chi connectivity index (χ0n) is 13.5. The van der Waals surface area contributed by atoms with Crippen LogP contribution in [-0.4, -0.2) is 22.0 Å². The number of hydrogen-bond donors (Lipinski definition) is 1. The van der Waals surface area contributed by atoms with Crippen LogP contribution in [0.2, 0.25) is 0 Å². The highest BCUT2D eigenvalue weighted by Gasteiger charge is 2.21. The number of aryl methyl sites for hydroxylation is 1. The first-order chi connectivity index (χ1) is 11.5. The van der Waals surface area contributed by atoms with Crippen LogP contribution in [0.25, 0.3) is 10.2 Å². The molecule has 0 aliphatic carbocycles. The third kappa shape index (κ3) is 3.27. The highest BCUT2D eigenvalue weighted by atomic mass is 79.9. The van der Waals surface area contributed by atoms with Gasteiger partial charge in [0.2, 0.25) is 0 Å². The number of para-hydroxylation sites is 1. The number of benzene rings is 1. The van der Waals surface area contributed by atoms with Gasteiger partial charge in [-0.25, -0.2) is 14.8 Å². The average Bonchev–Trinajstić information content (AvgIpc) is 2.87. The Morgan fingerprint density at radius 3 is 2.75 bits per heavy atom. The number of halogens is 1. The van der Waals surface area contributed by atoms with Crippen molar-refractivity contribution in [1.29, 1.82) is 0 Å². The molecule has 0 spiro atoms. The minimum absolute atomic E-state index is 0.161. The van der Waals surface area contributed by atoms with Gasteiger partial charge in [-0.3, -0.25) is 0 Å². The molecular weight excluding hydrogens is 390 g/mol. The van der Waals surface area contributed by atoms with Gasteiger partial charge in [0, 0.05) is 4.47 Å². The molecule has 0 fully saturated rings. The Hall–Kier alpha value is -1.99. The molecule has 1 aromatic carbocycles. The predicted octanol–water partition coefficient (Wildman–Crippen LogP) is 5.07. The molecule has 0 atom stereocenters.